The van der Waals surface area contributed by atoms with Gasteiger partial charge in [-0.3, -0.25) is 4.79 Å². The van der Waals surface area contributed by atoms with Gasteiger partial charge >= 0.3 is 0 Å². The highest BCUT2D eigenvalue weighted by atomic mass is 32.2. The fourth-order valence-corrected chi connectivity index (χ4v) is 8.31. The van der Waals surface area contributed by atoms with Crippen LogP contribution in [0.25, 0.3) is 16.9 Å². The summed E-state index contributed by atoms with van der Waals surface area (Å²) < 4.78 is 25.7. The smallest absolute Gasteiger partial charge is 0.175 e. The normalized spacial score (nSPS) is 26.9. The second kappa shape index (κ2) is 8.98. The minimum absolute atomic E-state index is 0.280. The molecule has 0 saturated heterocycles. The number of aryl methyl sites for hydroxylation is 1. The van der Waals surface area contributed by atoms with Crippen molar-refractivity contribution in [1.29, 1.82) is 0 Å². The molecular formula is C30H34N2O3S. The number of rotatable bonds is 8. The van der Waals surface area contributed by atoms with Crippen molar-refractivity contribution in [2.75, 3.05) is 6.26 Å². The van der Waals surface area contributed by atoms with Gasteiger partial charge in [-0.15, -0.1) is 0 Å². The van der Waals surface area contributed by atoms with Crippen LogP contribution >= 0.6 is 0 Å². The van der Waals surface area contributed by atoms with E-state index in [0.29, 0.717) is 18.6 Å². The lowest BCUT2D eigenvalue weighted by molar-refractivity contribution is -0.127. The number of benzene rings is 2. The van der Waals surface area contributed by atoms with Gasteiger partial charge in [0.25, 0.3) is 0 Å². The first kappa shape index (κ1) is 23.7. The number of nitrogens with zero attached hydrogens (tertiary/aromatic N) is 2. The van der Waals surface area contributed by atoms with Gasteiger partial charge in [0, 0.05) is 24.7 Å². The van der Waals surface area contributed by atoms with E-state index in [9.17, 15) is 13.2 Å². The van der Waals surface area contributed by atoms with E-state index in [0.717, 1.165) is 46.8 Å². The maximum absolute atomic E-state index is 13.2. The van der Waals surface area contributed by atoms with Gasteiger partial charge in [0.1, 0.15) is 5.78 Å². The molecule has 1 heterocycles. The summed E-state index contributed by atoms with van der Waals surface area (Å²) in [6.45, 7) is 0. The summed E-state index contributed by atoms with van der Waals surface area (Å²) in [6, 6.07) is 18.9. The van der Waals surface area contributed by atoms with E-state index >= 15 is 0 Å². The first-order valence-electron chi connectivity index (χ1n) is 13.2. The molecule has 4 aliphatic carbocycles. The summed E-state index contributed by atoms with van der Waals surface area (Å²) in [4.78, 5) is 13.5. The summed E-state index contributed by atoms with van der Waals surface area (Å²) in [5.74, 6) is 2.97. The second-order valence-corrected chi connectivity index (χ2v) is 13.7. The lowest BCUT2D eigenvalue weighted by Gasteiger charge is -2.56. The number of aromatic nitrogens is 2. The molecule has 0 atom stereocenters. The van der Waals surface area contributed by atoms with Crippen LogP contribution in [0.4, 0.5) is 0 Å². The monoisotopic (exact) mass is 502 g/mol. The molecule has 4 aliphatic rings. The SMILES string of the molecule is CS(=O)(=O)c1ccc(-n2nc(CCC(=O)CC34CC5CC(CC(C5)C3)C4)cc2-c2ccccc2)cc1. The summed E-state index contributed by atoms with van der Waals surface area (Å²) in [7, 11) is -3.26. The van der Waals surface area contributed by atoms with Crippen LogP contribution in [0.3, 0.4) is 0 Å². The molecule has 0 N–H and O–H groups in total. The summed E-state index contributed by atoms with van der Waals surface area (Å²) in [5, 5.41) is 4.86. The highest BCUT2D eigenvalue weighted by molar-refractivity contribution is 7.90. The van der Waals surface area contributed by atoms with Gasteiger partial charge in [0.2, 0.25) is 0 Å². The molecule has 4 fully saturated rings. The maximum atomic E-state index is 13.2. The Balaban J connectivity index is 1.21. The zero-order valence-corrected chi connectivity index (χ0v) is 21.7. The van der Waals surface area contributed by atoms with Crippen molar-refractivity contribution in [2.24, 2.45) is 23.2 Å². The summed E-state index contributed by atoms with van der Waals surface area (Å²) in [5.41, 5.74) is 3.93. The second-order valence-electron chi connectivity index (χ2n) is 11.7. The van der Waals surface area contributed by atoms with Crippen molar-refractivity contribution in [3.05, 3.63) is 66.4 Å². The van der Waals surface area contributed by atoms with E-state index in [1.165, 1.54) is 44.8 Å². The average Bonchev–Trinajstić information content (AvgIpc) is 3.26. The molecule has 1 aromatic heterocycles. The van der Waals surface area contributed by atoms with Crippen LogP contribution in [-0.2, 0) is 21.1 Å². The highest BCUT2D eigenvalue weighted by Crippen LogP contribution is 2.61. The Kier molecular flexibility index (Phi) is 5.90. The third kappa shape index (κ3) is 4.68. The Morgan fingerprint density at radius 1 is 0.944 bits per heavy atom. The zero-order chi connectivity index (χ0) is 24.9. The molecule has 7 rings (SSSR count). The molecule has 36 heavy (non-hydrogen) atoms. The molecule has 188 valence electrons. The van der Waals surface area contributed by atoms with E-state index in [2.05, 4.69) is 6.07 Å². The Morgan fingerprint density at radius 3 is 2.14 bits per heavy atom. The van der Waals surface area contributed by atoms with Gasteiger partial charge in [-0.2, -0.15) is 5.10 Å². The number of Topliss-reactive ketones (excluding diaryl/α,β-unsaturated/α-hetero) is 1. The average molecular weight is 503 g/mol. The van der Waals surface area contributed by atoms with Crippen LogP contribution in [0, 0.1) is 23.2 Å². The van der Waals surface area contributed by atoms with Crippen molar-refractivity contribution in [3.8, 4) is 16.9 Å². The van der Waals surface area contributed by atoms with Crippen LogP contribution in [0.5, 0.6) is 0 Å². The number of carbonyl (C=O) groups excluding carboxylic acids is 1. The molecule has 5 nitrogen and oxygen atoms in total. The zero-order valence-electron chi connectivity index (χ0n) is 20.9. The number of sulfone groups is 1. The van der Waals surface area contributed by atoms with Gasteiger partial charge in [-0.25, -0.2) is 13.1 Å². The predicted molar refractivity (Wildman–Crippen MR) is 141 cm³/mol. The lowest BCUT2D eigenvalue weighted by atomic mass is 9.48. The Bertz CT molecular complexity index is 1340. The standard InChI is InChI=1S/C30H34N2O3S/c1-36(34,35)28-11-8-26(9-12-28)32-29(24-5-3-2-4-6-24)16-25(31-32)7-10-27(33)20-30-17-21-13-22(18-30)15-23(14-21)19-30/h2-6,8-9,11-12,16,21-23H,7,10,13-15,17-20H2,1H3. The van der Waals surface area contributed by atoms with Crippen molar-refractivity contribution in [2.45, 2.75) is 62.7 Å². The maximum Gasteiger partial charge on any atom is 0.175 e. The van der Waals surface area contributed by atoms with Gasteiger partial charge in [-0.05, 0) is 98.4 Å². The summed E-state index contributed by atoms with van der Waals surface area (Å²) >= 11 is 0. The van der Waals surface area contributed by atoms with Gasteiger partial charge in [0.05, 0.1) is 22.0 Å². The summed E-state index contributed by atoms with van der Waals surface area (Å²) in [6.07, 6.45) is 11.1. The first-order chi connectivity index (χ1) is 17.3. The van der Waals surface area contributed by atoms with E-state index in [4.69, 9.17) is 5.10 Å². The molecule has 4 bridgehead atoms. The number of hydrogen-bond acceptors (Lipinski definition) is 4. The van der Waals surface area contributed by atoms with Crippen LogP contribution < -0.4 is 0 Å². The fourth-order valence-electron chi connectivity index (χ4n) is 7.68. The molecule has 0 aliphatic heterocycles. The molecule has 0 amide bonds. The van der Waals surface area contributed by atoms with Crippen LogP contribution in [0.15, 0.2) is 65.6 Å². The molecular weight excluding hydrogens is 468 g/mol. The van der Waals surface area contributed by atoms with Gasteiger partial charge in [-0.1, -0.05) is 30.3 Å². The number of carbonyl (C=O) groups is 1. The van der Waals surface area contributed by atoms with Crippen LogP contribution in [0.1, 0.15) is 57.1 Å². The highest BCUT2D eigenvalue weighted by Gasteiger charge is 2.51. The van der Waals surface area contributed by atoms with Crippen LogP contribution in [0.2, 0.25) is 0 Å². The van der Waals surface area contributed by atoms with Gasteiger partial charge < -0.3 is 0 Å². The van der Waals surface area contributed by atoms with Crippen LogP contribution in [-0.4, -0.2) is 30.2 Å². The molecule has 3 aromatic rings. The van der Waals surface area contributed by atoms with Crippen molar-refractivity contribution in [1.82, 2.24) is 9.78 Å². The molecule has 0 unspecified atom stereocenters. The largest absolute Gasteiger partial charge is 0.300 e. The molecule has 0 spiro atoms. The van der Waals surface area contributed by atoms with E-state index in [-0.39, 0.29) is 10.3 Å². The van der Waals surface area contributed by atoms with Crippen molar-refractivity contribution < 1.29 is 13.2 Å². The molecule has 4 saturated carbocycles. The van der Waals surface area contributed by atoms with E-state index < -0.39 is 9.84 Å². The number of hydrogen-bond donors (Lipinski definition) is 0. The third-order valence-electron chi connectivity index (χ3n) is 8.74. The minimum Gasteiger partial charge on any atom is -0.300 e. The van der Waals surface area contributed by atoms with Crippen molar-refractivity contribution >= 4 is 15.6 Å². The lowest BCUT2D eigenvalue weighted by Crippen LogP contribution is -2.46. The first-order valence-corrected chi connectivity index (χ1v) is 15.1. The Morgan fingerprint density at radius 2 is 1.56 bits per heavy atom. The van der Waals surface area contributed by atoms with Gasteiger partial charge in [0.15, 0.2) is 9.84 Å². The fraction of sp³-hybridized carbons (Fsp3) is 0.467. The van der Waals surface area contributed by atoms with Crippen molar-refractivity contribution in [3.63, 3.8) is 0 Å². The Labute approximate surface area is 213 Å². The quantitative estimate of drug-likeness (QED) is 0.376. The molecule has 2 aromatic carbocycles. The Hall–Kier alpha value is -2.73. The predicted octanol–water partition coefficient (Wildman–Crippen LogP) is 6.05. The third-order valence-corrected chi connectivity index (χ3v) is 9.86. The molecule has 0 radical (unpaired) electrons. The van der Waals surface area contributed by atoms with E-state index in [1.54, 1.807) is 24.3 Å². The molecule has 6 heteroatoms. The van der Waals surface area contributed by atoms with E-state index in [1.807, 2.05) is 35.0 Å². The minimum atomic E-state index is -3.26. The number of ketones is 1. The topological polar surface area (TPSA) is 69.0 Å².